The molecule has 0 fully saturated rings. The van der Waals surface area contributed by atoms with Gasteiger partial charge >= 0.3 is 0 Å². The van der Waals surface area contributed by atoms with E-state index in [9.17, 15) is 4.79 Å². The van der Waals surface area contributed by atoms with Crippen LogP contribution in [0.15, 0.2) is 24.4 Å². The van der Waals surface area contributed by atoms with Crippen LogP contribution < -0.4 is 0 Å². The Kier molecular flexibility index (Phi) is 2.92. The maximum absolute atomic E-state index is 12.1. The Morgan fingerprint density at radius 3 is 2.59 bits per heavy atom. The quantitative estimate of drug-likeness (QED) is 0.845. The molecule has 0 aliphatic heterocycles. The van der Waals surface area contributed by atoms with E-state index in [-0.39, 0.29) is 5.91 Å². The largest absolute Gasteiger partial charge is 0.361 e. The Morgan fingerprint density at radius 2 is 2.00 bits per heavy atom. The summed E-state index contributed by atoms with van der Waals surface area (Å²) >= 11 is 0. The van der Waals surface area contributed by atoms with Gasteiger partial charge in [0.15, 0.2) is 0 Å². The highest BCUT2D eigenvalue weighted by atomic mass is 16.2. The van der Waals surface area contributed by atoms with Crippen LogP contribution in [0.3, 0.4) is 0 Å². The Morgan fingerprint density at radius 1 is 1.29 bits per heavy atom. The summed E-state index contributed by atoms with van der Waals surface area (Å²) in [6, 6.07) is 6.08. The number of rotatable bonds is 2. The van der Waals surface area contributed by atoms with Gasteiger partial charge in [-0.05, 0) is 29.7 Å². The number of hydrogen-bond donors (Lipinski definition) is 1. The molecule has 0 spiro atoms. The third kappa shape index (κ3) is 2.05. The van der Waals surface area contributed by atoms with Crippen molar-refractivity contribution < 1.29 is 4.79 Å². The highest BCUT2D eigenvalue weighted by Gasteiger charge is 2.15. The van der Waals surface area contributed by atoms with Gasteiger partial charge < -0.3 is 9.88 Å². The van der Waals surface area contributed by atoms with E-state index in [1.807, 2.05) is 18.3 Å². The molecule has 3 heteroatoms. The topological polar surface area (TPSA) is 36.1 Å². The molecule has 3 nitrogen and oxygen atoms in total. The number of nitrogens with zero attached hydrogens (tertiary/aromatic N) is 1. The summed E-state index contributed by atoms with van der Waals surface area (Å²) < 4.78 is 0. The average Bonchev–Trinajstić information content (AvgIpc) is 2.74. The van der Waals surface area contributed by atoms with E-state index in [2.05, 4.69) is 24.9 Å². The first kappa shape index (κ1) is 11.7. The summed E-state index contributed by atoms with van der Waals surface area (Å²) in [5.74, 6) is 0.466. The molecule has 17 heavy (non-hydrogen) atoms. The van der Waals surface area contributed by atoms with Crippen LogP contribution in [0.5, 0.6) is 0 Å². The fourth-order valence-electron chi connectivity index (χ4n) is 1.94. The van der Waals surface area contributed by atoms with E-state index in [1.165, 1.54) is 5.56 Å². The van der Waals surface area contributed by atoms with Crippen molar-refractivity contribution >= 4 is 16.8 Å². The van der Waals surface area contributed by atoms with E-state index >= 15 is 0 Å². The summed E-state index contributed by atoms with van der Waals surface area (Å²) in [4.78, 5) is 16.9. The lowest BCUT2D eigenvalue weighted by molar-refractivity contribution is 0.0829. The SMILES string of the molecule is CC(C)c1cc(C(=O)N(C)C)c2cc[nH]c2c1. The van der Waals surface area contributed by atoms with E-state index in [0.29, 0.717) is 5.92 Å². The fraction of sp³-hybridized carbons (Fsp3) is 0.357. The van der Waals surface area contributed by atoms with Gasteiger partial charge in [-0.25, -0.2) is 0 Å². The summed E-state index contributed by atoms with van der Waals surface area (Å²) in [5.41, 5.74) is 2.99. The van der Waals surface area contributed by atoms with Gasteiger partial charge in [0, 0.05) is 36.8 Å². The molecular formula is C14H18N2O. The van der Waals surface area contributed by atoms with Gasteiger partial charge in [0.05, 0.1) is 0 Å². The van der Waals surface area contributed by atoms with Gasteiger partial charge in [0.25, 0.3) is 5.91 Å². The second-order valence-electron chi connectivity index (χ2n) is 4.86. The van der Waals surface area contributed by atoms with E-state index < -0.39 is 0 Å². The van der Waals surface area contributed by atoms with Gasteiger partial charge in [-0.15, -0.1) is 0 Å². The molecule has 1 heterocycles. The van der Waals surface area contributed by atoms with Crippen LogP contribution in [0.4, 0.5) is 0 Å². The summed E-state index contributed by atoms with van der Waals surface area (Å²) in [6.45, 7) is 4.27. The van der Waals surface area contributed by atoms with Gasteiger partial charge in [-0.3, -0.25) is 4.79 Å². The minimum Gasteiger partial charge on any atom is -0.361 e. The van der Waals surface area contributed by atoms with Crippen LogP contribution >= 0.6 is 0 Å². The van der Waals surface area contributed by atoms with Crippen molar-refractivity contribution in [1.82, 2.24) is 9.88 Å². The molecular weight excluding hydrogens is 212 g/mol. The molecule has 0 radical (unpaired) electrons. The molecule has 0 saturated carbocycles. The van der Waals surface area contributed by atoms with Gasteiger partial charge in [0.1, 0.15) is 0 Å². The summed E-state index contributed by atoms with van der Waals surface area (Å²) in [6.07, 6.45) is 1.88. The maximum atomic E-state index is 12.1. The lowest BCUT2D eigenvalue weighted by Crippen LogP contribution is -2.22. The lowest BCUT2D eigenvalue weighted by Gasteiger charge is -2.14. The number of carbonyl (C=O) groups excluding carboxylic acids is 1. The van der Waals surface area contributed by atoms with E-state index in [0.717, 1.165) is 16.5 Å². The number of carbonyl (C=O) groups is 1. The molecule has 0 aliphatic rings. The molecule has 1 aromatic heterocycles. The van der Waals surface area contributed by atoms with Crippen LogP contribution in [0.2, 0.25) is 0 Å². The van der Waals surface area contributed by atoms with E-state index in [1.54, 1.807) is 19.0 Å². The van der Waals surface area contributed by atoms with Crippen molar-refractivity contribution in [1.29, 1.82) is 0 Å². The number of amides is 1. The molecule has 0 bridgehead atoms. The number of benzene rings is 1. The van der Waals surface area contributed by atoms with Gasteiger partial charge in [0.2, 0.25) is 0 Å². The molecule has 0 saturated heterocycles. The van der Waals surface area contributed by atoms with Crippen LogP contribution in [-0.4, -0.2) is 29.9 Å². The zero-order valence-electron chi connectivity index (χ0n) is 10.7. The molecule has 2 aromatic rings. The van der Waals surface area contributed by atoms with Crippen LogP contribution in [-0.2, 0) is 0 Å². The third-order valence-electron chi connectivity index (χ3n) is 2.99. The Hall–Kier alpha value is -1.77. The molecule has 0 unspecified atom stereocenters. The van der Waals surface area contributed by atoms with Crippen molar-refractivity contribution in [3.8, 4) is 0 Å². The number of nitrogens with one attached hydrogen (secondary N) is 1. The predicted octanol–water partition coefficient (Wildman–Crippen LogP) is 2.99. The highest BCUT2D eigenvalue weighted by Crippen LogP contribution is 2.25. The lowest BCUT2D eigenvalue weighted by atomic mass is 9.97. The molecule has 1 N–H and O–H groups in total. The Labute approximate surface area is 101 Å². The normalized spacial score (nSPS) is 11.1. The monoisotopic (exact) mass is 230 g/mol. The molecule has 1 amide bonds. The molecule has 0 aliphatic carbocycles. The first-order chi connectivity index (χ1) is 8.00. The average molecular weight is 230 g/mol. The number of fused-ring (bicyclic) bond motifs is 1. The second kappa shape index (κ2) is 4.24. The molecule has 1 aromatic carbocycles. The second-order valence-corrected chi connectivity index (χ2v) is 4.86. The van der Waals surface area contributed by atoms with Crippen molar-refractivity contribution in [2.45, 2.75) is 19.8 Å². The van der Waals surface area contributed by atoms with Crippen molar-refractivity contribution in [3.63, 3.8) is 0 Å². The van der Waals surface area contributed by atoms with Crippen LogP contribution in [0, 0.1) is 0 Å². The highest BCUT2D eigenvalue weighted by molar-refractivity contribution is 6.06. The zero-order chi connectivity index (χ0) is 12.6. The van der Waals surface area contributed by atoms with Crippen molar-refractivity contribution in [2.75, 3.05) is 14.1 Å². The van der Waals surface area contributed by atoms with Crippen LogP contribution in [0.1, 0.15) is 35.7 Å². The first-order valence-corrected chi connectivity index (χ1v) is 5.83. The maximum Gasteiger partial charge on any atom is 0.254 e. The number of aromatic amines is 1. The molecule has 0 atom stereocenters. The van der Waals surface area contributed by atoms with E-state index in [4.69, 9.17) is 0 Å². The Bertz CT molecular complexity index is 552. The molecule has 90 valence electrons. The predicted molar refractivity (Wildman–Crippen MR) is 70.4 cm³/mol. The minimum atomic E-state index is 0.0529. The third-order valence-corrected chi connectivity index (χ3v) is 2.99. The fourth-order valence-corrected chi connectivity index (χ4v) is 1.94. The standard InChI is InChI=1S/C14H18N2O/c1-9(2)10-7-12(14(17)16(3)4)11-5-6-15-13(11)8-10/h5-9,15H,1-4H3. The first-order valence-electron chi connectivity index (χ1n) is 5.83. The smallest absolute Gasteiger partial charge is 0.254 e. The van der Waals surface area contributed by atoms with Gasteiger partial charge in [-0.2, -0.15) is 0 Å². The number of H-pyrrole nitrogens is 1. The number of aromatic nitrogens is 1. The Balaban J connectivity index is 2.66. The van der Waals surface area contributed by atoms with Gasteiger partial charge in [-0.1, -0.05) is 13.8 Å². The summed E-state index contributed by atoms with van der Waals surface area (Å²) in [5, 5.41) is 0.994. The minimum absolute atomic E-state index is 0.0529. The molecule has 2 rings (SSSR count). The van der Waals surface area contributed by atoms with Crippen LogP contribution in [0.25, 0.3) is 10.9 Å². The number of hydrogen-bond acceptors (Lipinski definition) is 1. The zero-order valence-corrected chi connectivity index (χ0v) is 10.7. The summed E-state index contributed by atoms with van der Waals surface area (Å²) in [7, 11) is 3.56. The van der Waals surface area contributed by atoms with Crippen molar-refractivity contribution in [2.24, 2.45) is 0 Å². The van der Waals surface area contributed by atoms with Crippen molar-refractivity contribution in [3.05, 3.63) is 35.5 Å².